The molecular formula is C18H13Cl3N2O2. The van der Waals surface area contributed by atoms with Crippen LogP contribution < -0.4 is 10.2 Å². The molecule has 0 fully saturated rings. The molecule has 1 aliphatic heterocycles. The zero-order valence-corrected chi connectivity index (χ0v) is 15.6. The van der Waals surface area contributed by atoms with Crippen molar-refractivity contribution < 1.29 is 9.59 Å². The predicted molar refractivity (Wildman–Crippen MR) is 101 cm³/mol. The Balaban J connectivity index is 1.95. The molecule has 0 aliphatic carbocycles. The monoisotopic (exact) mass is 394 g/mol. The van der Waals surface area contributed by atoms with Gasteiger partial charge in [-0.05, 0) is 55.3 Å². The maximum atomic E-state index is 12.7. The normalized spacial score (nSPS) is 14.5. The molecule has 2 aromatic rings. The van der Waals surface area contributed by atoms with Crippen molar-refractivity contribution in [3.8, 4) is 0 Å². The van der Waals surface area contributed by atoms with E-state index in [1.165, 1.54) is 12.1 Å². The molecule has 25 heavy (non-hydrogen) atoms. The summed E-state index contributed by atoms with van der Waals surface area (Å²) in [4.78, 5) is 26.1. The number of carbonyl (C=O) groups is 2. The van der Waals surface area contributed by atoms with Crippen LogP contribution >= 0.6 is 34.8 Å². The molecule has 0 aromatic heterocycles. The number of anilines is 2. The van der Waals surface area contributed by atoms with Gasteiger partial charge in [-0.15, -0.1) is 0 Å². The minimum Gasteiger partial charge on any atom is -0.350 e. The third-order valence-corrected chi connectivity index (χ3v) is 4.84. The lowest BCUT2D eigenvalue weighted by molar-refractivity contribution is -0.120. The number of rotatable bonds is 3. The van der Waals surface area contributed by atoms with E-state index in [0.717, 1.165) is 16.0 Å². The van der Waals surface area contributed by atoms with Crippen molar-refractivity contribution in [3.05, 3.63) is 68.3 Å². The van der Waals surface area contributed by atoms with Gasteiger partial charge in [-0.25, -0.2) is 4.90 Å². The second kappa shape index (κ2) is 6.71. The van der Waals surface area contributed by atoms with E-state index < -0.39 is 11.8 Å². The van der Waals surface area contributed by atoms with Crippen LogP contribution in [0.25, 0.3) is 0 Å². The lowest BCUT2D eigenvalue weighted by atomic mass is 10.1. The van der Waals surface area contributed by atoms with E-state index in [1.54, 1.807) is 6.07 Å². The first-order valence-electron chi connectivity index (χ1n) is 7.37. The van der Waals surface area contributed by atoms with E-state index in [9.17, 15) is 9.59 Å². The molecule has 0 bridgehead atoms. The first kappa shape index (κ1) is 17.8. The van der Waals surface area contributed by atoms with Crippen molar-refractivity contribution in [2.75, 3.05) is 10.2 Å². The molecule has 0 saturated carbocycles. The van der Waals surface area contributed by atoms with Crippen molar-refractivity contribution in [3.63, 3.8) is 0 Å². The van der Waals surface area contributed by atoms with Gasteiger partial charge in [-0.1, -0.05) is 40.9 Å². The van der Waals surface area contributed by atoms with E-state index in [-0.39, 0.29) is 21.4 Å². The fourth-order valence-electron chi connectivity index (χ4n) is 2.46. The Morgan fingerprint density at radius 3 is 2.24 bits per heavy atom. The summed E-state index contributed by atoms with van der Waals surface area (Å²) < 4.78 is 0. The molecule has 3 rings (SSSR count). The molecule has 1 heterocycles. The maximum absolute atomic E-state index is 12.7. The Hall–Kier alpha value is -2.01. The zero-order valence-electron chi connectivity index (χ0n) is 13.4. The van der Waals surface area contributed by atoms with Gasteiger partial charge < -0.3 is 5.32 Å². The third kappa shape index (κ3) is 3.25. The Morgan fingerprint density at radius 1 is 0.880 bits per heavy atom. The van der Waals surface area contributed by atoms with Crippen LogP contribution in [0.15, 0.2) is 47.1 Å². The molecule has 0 spiro atoms. The van der Waals surface area contributed by atoms with Gasteiger partial charge in [-0.3, -0.25) is 9.59 Å². The van der Waals surface area contributed by atoms with Gasteiger partial charge in [0.2, 0.25) is 0 Å². The first-order chi connectivity index (χ1) is 11.8. The number of carbonyl (C=O) groups excluding carboxylic acids is 2. The van der Waals surface area contributed by atoms with Gasteiger partial charge in [0.1, 0.15) is 10.7 Å². The summed E-state index contributed by atoms with van der Waals surface area (Å²) in [5, 5.41) is 3.34. The minimum absolute atomic E-state index is 0.0148. The largest absolute Gasteiger partial charge is 0.350 e. The molecule has 0 saturated heterocycles. The molecule has 4 nitrogen and oxygen atoms in total. The van der Waals surface area contributed by atoms with Crippen molar-refractivity contribution in [1.29, 1.82) is 0 Å². The average Bonchev–Trinajstić information content (AvgIpc) is 2.75. The van der Waals surface area contributed by atoms with Crippen molar-refractivity contribution in [1.82, 2.24) is 0 Å². The highest BCUT2D eigenvalue weighted by molar-refractivity contribution is 6.53. The van der Waals surface area contributed by atoms with E-state index in [2.05, 4.69) is 5.32 Å². The SMILES string of the molecule is Cc1ccc(NC2=C(Cl)C(=O)N(c3ccc(Cl)cc3Cl)C2=O)cc1C. The molecule has 0 atom stereocenters. The van der Waals surface area contributed by atoms with E-state index in [0.29, 0.717) is 10.7 Å². The highest BCUT2D eigenvalue weighted by atomic mass is 35.5. The fourth-order valence-corrected chi connectivity index (χ4v) is 3.16. The van der Waals surface area contributed by atoms with Crippen LogP contribution in [-0.4, -0.2) is 11.8 Å². The second-order valence-corrected chi connectivity index (χ2v) is 6.88. The molecule has 1 aliphatic rings. The summed E-state index contributed by atoms with van der Waals surface area (Å²) in [7, 11) is 0. The number of nitrogens with one attached hydrogen (secondary N) is 1. The summed E-state index contributed by atoms with van der Waals surface area (Å²) in [6.07, 6.45) is 0. The van der Waals surface area contributed by atoms with Gasteiger partial charge >= 0.3 is 0 Å². The summed E-state index contributed by atoms with van der Waals surface area (Å²) >= 11 is 18.1. The van der Waals surface area contributed by atoms with E-state index in [1.807, 2.05) is 32.0 Å². The van der Waals surface area contributed by atoms with Gasteiger partial charge in [-0.2, -0.15) is 0 Å². The Labute approximate surface area is 160 Å². The lowest BCUT2D eigenvalue weighted by Crippen LogP contribution is -2.32. The zero-order chi connectivity index (χ0) is 18.3. The molecule has 0 unspecified atom stereocenters. The van der Waals surface area contributed by atoms with Gasteiger partial charge in [0, 0.05) is 10.7 Å². The standard InChI is InChI=1S/C18H13Cl3N2O2/c1-9-3-5-12(7-10(9)2)22-16-15(21)17(24)23(18(16)25)14-6-4-11(19)8-13(14)20/h3-8,22H,1-2H3. The maximum Gasteiger partial charge on any atom is 0.283 e. The van der Waals surface area contributed by atoms with Gasteiger partial charge in [0.15, 0.2) is 0 Å². The number of hydrogen-bond donors (Lipinski definition) is 1. The molecule has 0 radical (unpaired) electrons. The summed E-state index contributed by atoms with van der Waals surface area (Å²) in [6, 6.07) is 10.1. The number of hydrogen-bond acceptors (Lipinski definition) is 3. The lowest BCUT2D eigenvalue weighted by Gasteiger charge is -2.17. The number of imide groups is 1. The third-order valence-electron chi connectivity index (χ3n) is 3.95. The fraction of sp³-hybridized carbons (Fsp3) is 0.111. The Kier molecular flexibility index (Phi) is 4.78. The van der Waals surface area contributed by atoms with Crippen LogP contribution in [0.5, 0.6) is 0 Å². The minimum atomic E-state index is -0.637. The van der Waals surface area contributed by atoms with Gasteiger partial charge in [0.05, 0.1) is 10.7 Å². The first-order valence-corrected chi connectivity index (χ1v) is 8.51. The van der Waals surface area contributed by atoms with Crippen LogP contribution in [-0.2, 0) is 9.59 Å². The number of aryl methyl sites for hydroxylation is 2. The Morgan fingerprint density at radius 2 is 1.60 bits per heavy atom. The van der Waals surface area contributed by atoms with E-state index in [4.69, 9.17) is 34.8 Å². The molecule has 7 heteroatoms. The van der Waals surface area contributed by atoms with Crippen LogP contribution in [0.1, 0.15) is 11.1 Å². The highest BCUT2D eigenvalue weighted by Crippen LogP contribution is 2.35. The molecule has 1 N–H and O–H groups in total. The number of nitrogens with zero attached hydrogens (tertiary/aromatic N) is 1. The summed E-state index contributed by atoms with van der Waals surface area (Å²) in [5.74, 6) is -1.21. The molecular weight excluding hydrogens is 383 g/mol. The smallest absolute Gasteiger partial charge is 0.283 e. The van der Waals surface area contributed by atoms with E-state index >= 15 is 0 Å². The second-order valence-electron chi connectivity index (χ2n) is 5.65. The van der Waals surface area contributed by atoms with Crippen LogP contribution in [0.2, 0.25) is 10.0 Å². The summed E-state index contributed by atoms with van der Waals surface area (Å²) in [5.41, 5.74) is 3.09. The highest BCUT2D eigenvalue weighted by Gasteiger charge is 2.39. The van der Waals surface area contributed by atoms with Crippen LogP contribution in [0, 0.1) is 13.8 Å². The van der Waals surface area contributed by atoms with Gasteiger partial charge in [0.25, 0.3) is 11.8 Å². The predicted octanol–water partition coefficient (Wildman–Crippen LogP) is 5.05. The topological polar surface area (TPSA) is 49.4 Å². The molecule has 2 aromatic carbocycles. The number of benzene rings is 2. The van der Waals surface area contributed by atoms with Crippen LogP contribution in [0.3, 0.4) is 0 Å². The summed E-state index contributed by atoms with van der Waals surface area (Å²) in [6.45, 7) is 3.94. The van der Waals surface area contributed by atoms with Crippen LogP contribution in [0.4, 0.5) is 11.4 Å². The quantitative estimate of drug-likeness (QED) is 0.740. The average molecular weight is 396 g/mol. The van der Waals surface area contributed by atoms with Crippen molar-refractivity contribution in [2.45, 2.75) is 13.8 Å². The van der Waals surface area contributed by atoms with Crippen molar-refractivity contribution >= 4 is 58.0 Å². The van der Waals surface area contributed by atoms with Crippen molar-refractivity contribution in [2.24, 2.45) is 0 Å². The number of amides is 2. The molecule has 128 valence electrons. The number of halogens is 3. The Bertz CT molecular complexity index is 938. The molecule has 2 amide bonds.